The van der Waals surface area contributed by atoms with Gasteiger partial charge in [0.25, 0.3) is 0 Å². The maximum absolute atomic E-state index is 11.3. The smallest absolute Gasteiger partial charge is 0.227 e. The molecule has 0 N–H and O–H groups in total. The zero-order valence-electron chi connectivity index (χ0n) is 13.0. The molecule has 0 amide bonds. The van der Waals surface area contributed by atoms with E-state index in [1.165, 1.54) is 6.92 Å². The Morgan fingerprint density at radius 2 is 1.75 bits per heavy atom. The van der Waals surface area contributed by atoms with Crippen LogP contribution in [0, 0.1) is 11.3 Å². The molecule has 1 aromatic carbocycles. The van der Waals surface area contributed by atoms with E-state index in [1.54, 1.807) is 29.2 Å². The van der Waals surface area contributed by atoms with Crippen molar-refractivity contribution in [3.05, 3.63) is 35.4 Å². The molecule has 0 saturated heterocycles. The van der Waals surface area contributed by atoms with Gasteiger partial charge in [0.05, 0.1) is 0 Å². The van der Waals surface area contributed by atoms with Crippen LogP contribution in [0.2, 0.25) is 19.6 Å². The van der Waals surface area contributed by atoms with Gasteiger partial charge in [0.15, 0.2) is 14.1 Å². The summed E-state index contributed by atoms with van der Waals surface area (Å²) >= 11 is 0. The van der Waals surface area contributed by atoms with E-state index in [9.17, 15) is 10.1 Å². The molecule has 0 aliphatic heterocycles. The summed E-state index contributed by atoms with van der Waals surface area (Å²) in [5.41, 5.74) is 0.268. The topological polar surface area (TPSA) is 53.3 Å². The molecule has 0 radical (unpaired) electrons. The molecule has 108 valence electrons. The molecule has 20 heavy (non-hydrogen) atoms. The van der Waals surface area contributed by atoms with E-state index in [1.807, 2.05) is 33.7 Å². The van der Waals surface area contributed by atoms with Crippen molar-refractivity contribution < 1.29 is 9.22 Å². The van der Waals surface area contributed by atoms with E-state index in [-0.39, 0.29) is 5.78 Å². The summed E-state index contributed by atoms with van der Waals surface area (Å²) in [4.78, 5) is 13.1. The minimum atomic E-state index is -1.93. The molecule has 5 heteroatoms. The Kier molecular flexibility index (Phi) is 4.87. The minimum Gasteiger partial charge on any atom is -0.385 e. The fourth-order valence-electron chi connectivity index (χ4n) is 1.97. The first-order chi connectivity index (χ1) is 9.12. The van der Waals surface area contributed by atoms with Crippen LogP contribution in [0.3, 0.4) is 0 Å². The summed E-state index contributed by atoms with van der Waals surface area (Å²) in [5.74, 6) is 0.00933. The first-order valence-electron chi connectivity index (χ1n) is 6.53. The molecule has 0 saturated carbocycles. The zero-order valence-corrected chi connectivity index (χ0v) is 14.0. The van der Waals surface area contributed by atoms with Gasteiger partial charge in [-0.1, -0.05) is 24.3 Å². The van der Waals surface area contributed by atoms with E-state index in [0.29, 0.717) is 5.56 Å². The van der Waals surface area contributed by atoms with E-state index in [2.05, 4.69) is 6.07 Å². The largest absolute Gasteiger partial charge is 0.385 e. The summed E-state index contributed by atoms with van der Waals surface area (Å²) in [5, 5.41) is 9.68. The molecular formula is C15H22N2O2Si. The lowest BCUT2D eigenvalue weighted by molar-refractivity contribution is -0.0179. The summed E-state index contributed by atoms with van der Waals surface area (Å²) in [6.45, 7) is 7.67. The van der Waals surface area contributed by atoms with Crippen molar-refractivity contribution in [3.63, 3.8) is 0 Å². The number of nitriles is 1. The fraction of sp³-hybridized carbons (Fsp3) is 0.467. The number of rotatable bonds is 5. The summed E-state index contributed by atoms with van der Waals surface area (Å²) < 4.78 is 6.14. The Bertz CT molecular complexity index is 526. The van der Waals surface area contributed by atoms with Gasteiger partial charge in [0.2, 0.25) is 5.72 Å². The highest BCUT2D eigenvalue weighted by Gasteiger charge is 2.40. The zero-order chi connectivity index (χ0) is 15.6. The van der Waals surface area contributed by atoms with Crippen molar-refractivity contribution in [2.24, 2.45) is 0 Å². The number of hydrogen-bond acceptors (Lipinski definition) is 4. The predicted octanol–water partition coefficient (Wildman–Crippen LogP) is 2.98. The fourth-order valence-corrected chi connectivity index (χ4v) is 3.20. The second-order valence-electron chi connectivity index (χ2n) is 6.00. The molecule has 4 nitrogen and oxygen atoms in total. The quantitative estimate of drug-likeness (QED) is 0.475. The molecule has 1 atom stereocenters. The molecule has 0 spiro atoms. The number of Topliss-reactive ketones (excluding diaryl/α,β-unsaturated/α-hetero) is 1. The van der Waals surface area contributed by atoms with Crippen LogP contribution in [0.5, 0.6) is 0 Å². The van der Waals surface area contributed by atoms with Crippen LogP contribution in [-0.2, 0) is 10.2 Å². The lowest BCUT2D eigenvalue weighted by Gasteiger charge is -2.38. The third kappa shape index (κ3) is 3.54. The van der Waals surface area contributed by atoms with Crippen molar-refractivity contribution in [2.75, 3.05) is 14.1 Å². The monoisotopic (exact) mass is 290 g/mol. The molecule has 0 aromatic heterocycles. The molecule has 1 aromatic rings. The summed E-state index contributed by atoms with van der Waals surface area (Å²) in [6, 6.07) is 9.35. The maximum atomic E-state index is 11.3. The highest BCUT2D eigenvalue weighted by Crippen LogP contribution is 2.31. The molecule has 0 heterocycles. The van der Waals surface area contributed by atoms with Crippen LogP contribution >= 0.6 is 0 Å². The van der Waals surface area contributed by atoms with E-state index in [0.717, 1.165) is 5.56 Å². The molecule has 0 fully saturated rings. The first kappa shape index (κ1) is 16.6. The second-order valence-corrected chi connectivity index (χ2v) is 10.4. The van der Waals surface area contributed by atoms with Crippen molar-refractivity contribution in [2.45, 2.75) is 32.3 Å². The highest BCUT2D eigenvalue weighted by molar-refractivity contribution is 6.69. The molecule has 0 bridgehead atoms. The second kappa shape index (κ2) is 5.88. The first-order valence-corrected chi connectivity index (χ1v) is 9.93. The number of hydrogen-bond donors (Lipinski definition) is 0. The molecular weight excluding hydrogens is 268 g/mol. The Labute approximate surface area is 122 Å². The third-order valence-corrected chi connectivity index (χ3v) is 3.83. The van der Waals surface area contributed by atoms with E-state index in [4.69, 9.17) is 4.43 Å². The van der Waals surface area contributed by atoms with Crippen LogP contribution in [0.15, 0.2) is 24.3 Å². The van der Waals surface area contributed by atoms with Crippen molar-refractivity contribution >= 4 is 14.1 Å². The lowest BCUT2D eigenvalue weighted by atomic mass is 10.0. The number of nitrogens with zero attached hydrogens (tertiary/aromatic N) is 2. The number of carbonyl (C=O) groups is 1. The Hall–Kier alpha value is -1.48. The van der Waals surface area contributed by atoms with Gasteiger partial charge in [0.1, 0.15) is 6.07 Å². The van der Waals surface area contributed by atoms with Gasteiger partial charge in [-0.15, -0.1) is 0 Å². The standard InChI is InChI=1S/C15H22N2O2Si/c1-12(18)13-7-9-14(10-8-13)15(11-16,17(2)3)19-20(4,5)6/h7-10H,1-6H3. The van der Waals surface area contributed by atoms with Crippen molar-refractivity contribution in [1.29, 1.82) is 5.26 Å². The van der Waals surface area contributed by atoms with Crippen LogP contribution in [-0.4, -0.2) is 33.1 Å². The number of carbonyl (C=O) groups excluding carboxylic acids is 1. The molecule has 0 aliphatic rings. The highest BCUT2D eigenvalue weighted by atomic mass is 28.4. The van der Waals surface area contributed by atoms with Gasteiger partial charge in [0, 0.05) is 11.1 Å². The minimum absolute atomic E-state index is 0.00933. The summed E-state index contributed by atoms with van der Waals surface area (Å²) in [6.07, 6.45) is 0. The summed E-state index contributed by atoms with van der Waals surface area (Å²) in [7, 11) is 1.72. The Morgan fingerprint density at radius 3 is 2.05 bits per heavy atom. The van der Waals surface area contributed by atoms with Gasteiger partial charge >= 0.3 is 0 Å². The molecule has 0 aliphatic carbocycles. The average Bonchev–Trinajstić information content (AvgIpc) is 2.34. The Morgan fingerprint density at radius 1 is 1.25 bits per heavy atom. The van der Waals surface area contributed by atoms with Crippen LogP contribution < -0.4 is 0 Å². The normalized spacial score (nSPS) is 14.7. The molecule has 1 rings (SSSR count). The van der Waals surface area contributed by atoms with Crippen LogP contribution in [0.1, 0.15) is 22.8 Å². The van der Waals surface area contributed by atoms with Gasteiger partial charge in [-0.25, -0.2) is 0 Å². The Balaban J connectivity index is 3.31. The van der Waals surface area contributed by atoms with Gasteiger partial charge in [-0.2, -0.15) is 5.26 Å². The van der Waals surface area contributed by atoms with Gasteiger partial charge in [-0.3, -0.25) is 9.69 Å². The average molecular weight is 290 g/mol. The predicted molar refractivity (Wildman–Crippen MR) is 81.9 cm³/mol. The SMILES string of the molecule is CC(=O)c1ccc(C(C#N)(O[Si](C)(C)C)N(C)C)cc1. The van der Waals surface area contributed by atoms with E-state index < -0.39 is 14.0 Å². The van der Waals surface area contributed by atoms with Gasteiger partial charge in [-0.05, 0) is 40.7 Å². The van der Waals surface area contributed by atoms with Crippen molar-refractivity contribution in [3.8, 4) is 6.07 Å². The van der Waals surface area contributed by atoms with Gasteiger partial charge < -0.3 is 4.43 Å². The lowest BCUT2D eigenvalue weighted by Crippen LogP contribution is -2.49. The van der Waals surface area contributed by atoms with Crippen LogP contribution in [0.4, 0.5) is 0 Å². The molecule has 1 unspecified atom stereocenters. The maximum Gasteiger partial charge on any atom is 0.227 e. The van der Waals surface area contributed by atoms with E-state index >= 15 is 0 Å². The number of benzene rings is 1. The third-order valence-electron chi connectivity index (χ3n) is 2.92. The van der Waals surface area contributed by atoms with Crippen molar-refractivity contribution in [1.82, 2.24) is 4.90 Å². The number of ketones is 1. The van der Waals surface area contributed by atoms with Crippen LogP contribution in [0.25, 0.3) is 0 Å².